The Morgan fingerprint density at radius 3 is 2.83 bits per heavy atom. The van der Waals surface area contributed by atoms with E-state index in [1.807, 2.05) is 16.6 Å². The zero-order chi connectivity index (χ0) is 16.8. The highest BCUT2D eigenvalue weighted by molar-refractivity contribution is 9.10. The van der Waals surface area contributed by atoms with Crippen molar-refractivity contribution in [2.24, 2.45) is 5.41 Å². The molecule has 2 unspecified atom stereocenters. The highest BCUT2D eigenvalue weighted by Gasteiger charge is 2.43. The Hall–Kier alpha value is -1.63. The molecule has 1 amide bonds. The third kappa shape index (κ3) is 2.94. The number of aromatic nitrogens is 3. The topological polar surface area (TPSA) is 70.7 Å². The van der Waals surface area contributed by atoms with E-state index in [9.17, 15) is 9.90 Å². The van der Waals surface area contributed by atoms with Crippen LogP contribution in [0.5, 0.6) is 0 Å². The lowest BCUT2D eigenvalue weighted by molar-refractivity contribution is 0.0442. The summed E-state index contributed by atoms with van der Waals surface area (Å²) in [4.78, 5) is 17.7. The first kappa shape index (κ1) is 16.2. The van der Waals surface area contributed by atoms with E-state index in [1.54, 1.807) is 11.1 Å². The molecule has 0 radical (unpaired) electrons. The van der Waals surface area contributed by atoms with Gasteiger partial charge in [0.2, 0.25) is 0 Å². The first-order valence-corrected chi connectivity index (χ1v) is 8.58. The van der Waals surface area contributed by atoms with Gasteiger partial charge in [-0.1, -0.05) is 20.8 Å². The van der Waals surface area contributed by atoms with Crippen molar-refractivity contribution in [3.63, 3.8) is 0 Å². The molecule has 2 aromatic rings. The monoisotopic (exact) mass is 380 g/mol. The van der Waals surface area contributed by atoms with E-state index < -0.39 is 6.09 Å². The van der Waals surface area contributed by atoms with Gasteiger partial charge < -0.3 is 10.0 Å². The van der Waals surface area contributed by atoms with Crippen LogP contribution in [0.25, 0.3) is 5.65 Å². The Morgan fingerprint density at radius 2 is 2.17 bits per heavy atom. The van der Waals surface area contributed by atoms with E-state index in [-0.39, 0.29) is 17.4 Å². The molecular formula is C16H21BrN4O2. The number of likely N-dealkylation sites (tertiary alicyclic amines) is 1. The maximum atomic E-state index is 11.7. The third-order valence-corrected chi connectivity index (χ3v) is 4.89. The van der Waals surface area contributed by atoms with Crippen LogP contribution in [0, 0.1) is 5.41 Å². The molecule has 1 N–H and O–H groups in total. The number of carboxylic acid groups (broad SMARTS) is 1. The standard InChI is InChI=1S/C16H21BrN4O2/c1-16(2,3)14-10(5-4-8-20(14)15(22)23)11-6-7-18-13-9-12(17)19-21(11)13/h6-7,9-10,14H,4-5,8H2,1-3H3,(H,22,23). The average Bonchev–Trinajstić information content (AvgIpc) is 2.85. The van der Waals surface area contributed by atoms with Crippen molar-refractivity contribution in [3.8, 4) is 0 Å². The summed E-state index contributed by atoms with van der Waals surface area (Å²) in [5.41, 5.74) is 1.63. The second-order valence-electron chi connectivity index (χ2n) is 7.14. The minimum atomic E-state index is -0.846. The van der Waals surface area contributed by atoms with Gasteiger partial charge in [-0.2, -0.15) is 5.10 Å². The molecule has 23 heavy (non-hydrogen) atoms. The number of fused-ring (bicyclic) bond motifs is 1. The number of piperidine rings is 1. The van der Waals surface area contributed by atoms with Gasteiger partial charge >= 0.3 is 6.09 Å². The maximum absolute atomic E-state index is 11.7. The average molecular weight is 381 g/mol. The normalized spacial score (nSPS) is 22.5. The largest absolute Gasteiger partial charge is 0.465 e. The van der Waals surface area contributed by atoms with Gasteiger partial charge in [0.15, 0.2) is 5.65 Å². The molecule has 0 bridgehead atoms. The number of hydrogen-bond donors (Lipinski definition) is 1. The van der Waals surface area contributed by atoms with Gasteiger partial charge in [0.25, 0.3) is 0 Å². The fourth-order valence-corrected chi connectivity index (χ4v) is 4.12. The molecule has 3 rings (SSSR count). The molecule has 0 saturated carbocycles. The summed E-state index contributed by atoms with van der Waals surface area (Å²) < 4.78 is 2.56. The molecule has 1 saturated heterocycles. The van der Waals surface area contributed by atoms with Crippen molar-refractivity contribution >= 4 is 27.7 Å². The van der Waals surface area contributed by atoms with Gasteiger partial charge in [-0.25, -0.2) is 14.3 Å². The van der Waals surface area contributed by atoms with Crippen LogP contribution in [-0.2, 0) is 0 Å². The van der Waals surface area contributed by atoms with Crippen molar-refractivity contribution < 1.29 is 9.90 Å². The second-order valence-corrected chi connectivity index (χ2v) is 7.95. The maximum Gasteiger partial charge on any atom is 0.407 e. The zero-order valence-electron chi connectivity index (χ0n) is 13.5. The fraction of sp³-hybridized carbons (Fsp3) is 0.562. The minimum absolute atomic E-state index is 0.0946. The van der Waals surface area contributed by atoms with Crippen molar-refractivity contribution in [1.29, 1.82) is 0 Å². The first-order chi connectivity index (χ1) is 10.8. The van der Waals surface area contributed by atoms with E-state index in [0.29, 0.717) is 6.54 Å². The molecule has 0 aromatic carbocycles. The summed E-state index contributed by atoms with van der Waals surface area (Å²) in [6.45, 7) is 6.89. The van der Waals surface area contributed by atoms with Crippen molar-refractivity contribution in [2.75, 3.05) is 6.54 Å². The number of amides is 1. The summed E-state index contributed by atoms with van der Waals surface area (Å²) in [5.74, 6) is 0.0946. The summed E-state index contributed by atoms with van der Waals surface area (Å²) in [7, 11) is 0. The van der Waals surface area contributed by atoms with E-state index in [2.05, 4.69) is 46.8 Å². The van der Waals surface area contributed by atoms with E-state index in [1.165, 1.54) is 0 Å². The smallest absolute Gasteiger partial charge is 0.407 e. The van der Waals surface area contributed by atoms with Crippen molar-refractivity contribution in [3.05, 3.63) is 28.6 Å². The van der Waals surface area contributed by atoms with E-state index in [4.69, 9.17) is 0 Å². The summed E-state index contributed by atoms with van der Waals surface area (Å²) >= 11 is 3.40. The summed E-state index contributed by atoms with van der Waals surface area (Å²) in [5, 5.41) is 14.1. The zero-order valence-corrected chi connectivity index (χ0v) is 15.1. The van der Waals surface area contributed by atoms with Crippen LogP contribution in [0.4, 0.5) is 4.79 Å². The molecule has 0 spiro atoms. The highest BCUT2D eigenvalue weighted by Crippen LogP contribution is 2.41. The van der Waals surface area contributed by atoms with Gasteiger partial charge in [0.05, 0.1) is 5.69 Å². The molecule has 3 heterocycles. The van der Waals surface area contributed by atoms with Gasteiger partial charge in [0, 0.05) is 30.8 Å². The Kier molecular flexibility index (Phi) is 4.08. The van der Waals surface area contributed by atoms with Crippen LogP contribution in [0.3, 0.4) is 0 Å². The molecule has 2 aromatic heterocycles. The molecular weight excluding hydrogens is 360 g/mol. The number of carbonyl (C=O) groups is 1. The second kappa shape index (κ2) is 5.78. The lowest BCUT2D eigenvalue weighted by Crippen LogP contribution is -2.53. The van der Waals surface area contributed by atoms with Gasteiger partial charge in [-0.05, 0) is 40.3 Å². The van der Waals surface area contributed by atoms with Crippen LogP contribution < -0.4 is 0 Å². The Balaban J connectivity index is 2.12. The lowest BCUT2D eigenvalue weighted by atomic mass is 9.73. The number of nitrogens with zero attached hydrogens (tertiary/aromatic N) is 4. The molecule has 1 aliphatic rings. The summed E-state index contributed by atoms with van der Waals surface area (Å²) in [6, 6.07) is 3.73. The van der Waals surface area contributed by atoms with Crippen molar-refractivity contribution in [2.45, 2.75) is 45.6 Å². The SMILES string of the molecule is CC(C)(C)C1C(c2ccnc3cc(Br)nn23)CCCN1C(=O)O. The van der Waals surface area contributed by atoms with Crippen LogP contribution in [-0.4, -0.2) is 43.3 Å². The third-order valence-electron chi connectivity index (χ3n) is 4.50. The predicted octanol–water partition coefficient (Wildman–Crippen LogP) is 3.76. The van der Waals surface area contributed by atoms with Crippen LogP contribution in [0.2, 0.25) is 0 Å². The van der Waals surface area contributed by atoms with Gasteiger partial charge in [-0.15, -0.1) is 0 Å². The fourth-order valence-electron chi connectivity index (χ4n) is 3.76. The lowest BCUT2D eigenvalue weighted by Gasteiger charge is -2.46. The molecule has 6 nitrogen and oxygen atoms in total. The first-order valence-electron chi connectivity index (χ1n) is 7.79. The number of hydrogen-bond acceptors (Lipinski definition) is 3. The van der Waals surface area contributed by atoms with Crippen LogP contribution >= 0.6 is 15.9 Å². The predicted molar refractivity (Wildman–Crippen MR) is 90.6 cm³/mol. The van der Waals surface area contributed by atoms with Gasteiger partial charge in [-0.3, -0.25) is 0 Å². The Morgan fingerprint density at radius 1 is 1.43 bits per heavy atom. The molecule has 7 heteroatoms. The van der Waals surface area contributed by atoms with E-state index >= 15 is 0 Å². The Bertz CT molecular complexity index is 737. The van der Waals surface area contributed by atoms with Gasteiger partial charge in [0.1, 0.15) is 4.60 Å². The minimum Gasteiger partial charge on any atom is -0.465 e. The molecule has 1 aliphatic heterocycles. The quantitative estimate of drug-likeness (QED) is 0.817. The highest BCUT2D eigenvalue weighted by atomic mass is 79.9. The molecule has 0 aliphatic carbocycles. The molecule has 124 valence electrons. The number of halogens is 1. The van der Waals surface area contributed by atoms with Crippen LogP contribution in [0.1, 0.15) is 45.2 Å². The Labute approximate surface area is 143 Å². The summed E-state index contributed by atoms with van der Waals surface area (Å²) in [6.07, 6.45) is 2.73. The van der Waals surface area contributed by atoms with Crippen LogP contribution in [0.15, 0.2) is 22.9 Å². The molecule has 2 atom stereocenters. The van der Waals surface area contributed by atoms with E-state index in [0.717, 1.165) is 28.8 Å². The number of rotatable bonds is 1. The molecule has 1 fully saturated rings. The van der Waals surface area contributed by atoms with Crippen molar-refractivity contribution in [1.82, 2.24) is 19.5 Å².